The van der Waals surface area contributed by atoms with Gasteiger partial charge in [-0.15, -0.1) is 0 Å². The summed E-state index contributed by atoms with van der Waals surface area (Å²) in [7, 11) is 0. The Kier molecular flexibility index (Phi) is 10.0. The lowest BCUT2D eigenvalue weighted by molar-refractivity contribution is 0.830. The van der Waals surface area contributed by atoms with Crippen molar-refractivity contribution in [3.8, 4) is 0 Å². The SMILES string of the molecule is CCC[CH2][Al]([CH2]CC)[CH2]CCC. The van der Waals surface area contributed by atoms with Gasteiger partial charge in [0.1, 0.15) is 0 Å². The summed E-state index contributed by atoms with van der Waals surface area (Å²) in [5.74, 6) is 0. The molecule has 0 aliphatic carbocycles. The third kappa shape index (κ3) is 7.20. The van der Waals surface area contributed by atoms with E-state index in [2.05, 4.69) is 20.8 Å². The monoisotopic (exact) mass is 184 g/mol. The molecule has 72 valence electrons. The molecule has 0 heterocycles. The highest BCUT2D eigenvalue weighted by atomic mass is 27.2. The van der Waals surface area contributed by atoms with Crippen molar-refractivity contribution in [2.45, 2.75) is 68.7 Å². The van der Waals surface area contributed by atoms with E-state index in [0.29, 0.717) is 0 Å². The van der Waals surface area contributed by atoms with E-state index in [0.717, 1.165) is 0 Å². The van der Waals surface area contributed by atoms with Crippen molar-refractivity contribution in [1.82, 2.24) is 0 Å². The average Bonchev–Trinajstić information content (AvgIpc) is 2.10. The molecule has 0 radical (unpaired) electrons. The molecule has 0 aromatic rings. The van der Waals surface area contributed by atoms with Gasteiger partial charge in [0.2, 0.25) is 0 Å². The van der Waals surface area contributed by atoms with Crippen molar-refractivity contribution < 1.29 is 0 Å². The van der Waals surface area contributed by atoms with E-state index < -0.39 is 0 Å². The number of rotatable bonds is 8. The maximum Gasteiger partial charge on any atom is 0.261 e. The molecule has 0 aliphatic heterocycles. The van der Waals surface area contributed by atoms with Gasteiger partial charge in [-0.2, -0.15) is 0 Å². The quantitative estimate of drug-likeness (QED) is 0.487. The third-order valence-electron chi connectivity index (χ3n) is 2.63. The molecule has 0 aliphatic rings. The first kappa shape index (κ1) is 12.5. The topological polar surface area (TPSA) is 0 Å². The lowest BCUT2D eigenvalue weighted by Gasteiger charge is -2.08. The van der Waals surface area contributed by atoms with E-state index in [1.807, 2.05) is 0 Å². The van der Waals surface area contributed by atoms with Gasteiger partial charge < -0.3 is 0 Å². The van der Waals surface area contributed by atoms with Crippen molar-refractivity contribution in [1.29, 1.82) is 0 Å². The molecular formula is C11H25Al. The first-order chi connectivity index (χ1) is 5.85. The summed E-state index contributed by atoms with van der Waals surface area (Å²) in [5, 5.41) is 4.83. The van der Waals surface area contributed by atoms with Crippen molar-refractivity contribution in [2.75, 3.05) is 0 Å². The lowest BCUT2D eigenvalue weighted by atomic mass is 10.4. The Morgan fingerprint density at radius 2 is 1.17 bits per heavy atom. The van der Waals surface area contributed by atoms with Gasteiger partial charge in [0, 0.05) is 0 Å². The summed E-state index contributed by atoms with van der Waals surface area (Å²) in [6, 6.07) is 0. The molecule has 0 spiro atoms. The largest absolute Gasteiger partial charge is 0.261 e. The van der Waals surface area contributed by atoms with Crippen LogP contribution in [-0.2, 0) is 0 Å². The van der Waals surface area contributed by atoms with Gasteiger partial charge >= 0.3 is 0 Å². The Morgan fingerprint density at radius 1 is 0.667 bits per heavy atom. The molecule has 0 saturated heterocycles. The summed E-state index contributed by atoms with van der Waals surface area (Å²) >= 11 is -0.269. The van der Waals surface area contributed by atoms with Crippen molar-refractivity contribution in [3.05, 3.63) is 0 Å². The fourth-order valence-electron chi connectivity index (χ4n) is 1.83. The summed E-state index contributed by atoms with van der Waals surface area (Å²) in [6.07, 6.45) is 7.24. The van der Waals surface area contributed by atoms with Gasteiger partial charge in [-0.1, -0.05) is 68.7 Å². The second-order valence-electron chi connectivity index (χ2n) is 3.94. The molecule has 0 aromatic heterocycles. The summed E-state index contributed by atoms with van der Waals surface area (Å²) in [6.45, 7) is 6.98. The van der Waals surface area contributed by atoms with Crippen LogP contribution in [0.5, 0.6) is 0 Å². The smallest absolute Gasteiger partial charge is 0.0941 e. The van der Waals surface area contributed by atoms with Crippen LogP contribution in [0.15, 0.2) is 0 Å². The van der Waals surface area contributed by atoms with Crippen LogP contribution in [-0.4, -0.2) is 14.1 Å². The van der Waals surface area contributed by atoms with E-state index in [4.69, 9.17) is 0 Å². The molecule has 0 nitrogen and oxygen atoms in total. The van der Waals surface area contributed by atoms with Gasteiger partial charge in [0.05, 0.1) is 0 Å². The Labute approximate surface area is 83.1 Å². The van der Waals surface area contributed by atoms with E-state index in [1.54, 1.807) is 15.8 Å². The average molecular weight is 184 g/mol. The minimum Gasteiger partial charge on any atom is -0.0941 e. The zero-order chi connectivity index (χ0) is 9.23. The predicted molar refractivity (Wildman–Crippen MR) is 60.3 cm³/mol. The molecule has 0 saturated carbocycles. The summed E-state index contributed by atoms with van der Waals surface area (Å²) in [4.78, 5) is 0. The lowest BCUT2D eigenvalue weighted by Crippen LogP contribution is -2.10. The minimum absolute atomic E-state index is 0.269. The molecule has 0 N–H and O–H groups in total. The van der Waals surface area contributed by atoms with E-state index in [-0.39, 0.29) is 14.1 Å². The van der Waals surface area contributed by atoms with Crippen LogP contribution >= 0.6 is 0 Å². The van der Waals surface area contributed by atoms with Gasteiger partial charge in [0.15, 0.2) is 0 Å². The second kappa shape index (κ2) is 9.62. The maximum absolute atomic E-state index is 2.35. The number of hydrogen-bond donors (Lipinski definition) is 0. The molecule has 0 unspecified atom stereocenters. The fraction of sp³-hybridized carbons (Fsp3) is 1.00. The van der Waals surface area contributed by atoms with Crippen molar-refractivity contribution in [2.24, 2.45) is 0 Å². The summed E-state index contributed by atoms with van der Waals surface area (Å²) in [5.41, 5.74) is 0. The number of unbranched alkanes of at least 4 members (excludes halogenated alkanes) is 2. The van der Waals surface area contributed by atoms with E-state index in [9.17, 15) is 0 Å². The zero-order valence-electron chi connectivity index (χ0n) is 9.23. The van der Waals surface area contributed by atoms with Gasteiger partial charge in [-0.25, -0.2) is 0 Å². The second-order valence-corrected chi connectivity index (χ2v) is 7.40. The predicted octanol–water partition coefficient (Wildman–Crippen LogP) is 4.49. The van der Waals surface area contributed by atoms with Crippen LogP contribution in [0, 0.1) is 0 Å². The first-order valence-corrected chi connectivity index (χ1v) is 8.30. The van der Waals surface area contributed by atoms with E-state index in [1.165, 1.54) is 32.1 Å². The molecular weight excluding hydrogens is 159 g/mol. The normalized spacial score (nSPS) is 10.2. The standard InChI is InChI=1S/2C4H9.C3H7.Al/c2*1-3-4-2;1-3-2;/h2*1,3-4H2,2H3;1,3H2,2H3;. The molecule has 0 bridgehead atoms. The Bertz CT molecular complexity index is 73.1. The molecule has 0 aromatic carbocycles. The first-order valence-electron chi connectivity index (χ1n) is 5.85. The van der Waals surface area contributed by atoms with Gasteiger partial charge in [-0.3, -0.25) is 0 Å². The Balaban J connectivity index is 3.40. The Morgan fingerprint density at radius 3 is 1.50 bits per heavy atom. The van der Waals surface area contributed by atoms with E-state index >= 15 is 0 Å². The molecule has 0 amide bonds. The third-order valence-corrected chi connectivity index (χ3v) is 6.47. The fourth-order valence-corrected chi connectivity index (χ4v) is 5.48. The van der Waals surface area contributed by atoms with Crippen LogP contribution in [0.1, 0.15) is 52.9 Å². The van der Waals surface area contributed by atoms with Crippen LogP contribution in [0.25, 0.3) is 0 Å². The highest BCUT2D eigenvalue weighted by Crippen LogP contribution is 2.14. The van der Waals surface area contributed by atoms with Crippen LogP contribution < -0.4 is 0 Å². The summed E-state index contributed by atoms with van der Waals surface area (Å²) < 4.78 is 0. The highest BCUT2D eigenvalue weighted by Gasteiger charge is 2.13. The molecule has 0 atom stereocenters. The van der Waals surface area contributed by atoms with Crippen LogP contribution in [0.3, 0.4) is 0 Å². The van der Waals surface area contributed by atoms with Crippen LogP contribution in [0.4, 0.5) is 0 Å². The molecule has 12 heavy (non-hydrogen) atoms. The molecule has 0 fully saturated rings. The number of hydrogen-bond acceptors (Lipinski definition) is 0. The maximum atomic E-state index is 2.35. The van der Waals surface area contributed by atoms with Gasteiger partial charge in [0.25, 0.3) is 14.1 Å². The van der Waals surface area contributed by atoms with Gasteiger partial charge in [-0.05, 0) is 0 Å². The zero-order valence-corrected chi connectivity index (χ0v) is 10.4. The molecule has 1 heteroatoms. The Hall–Kier alpha value is 0.532. The van der Waals surface area contributed by atoms with Crippen molar-refractivity contribution in [3.63, 3.8) is 0 Å². The highest BCUT2D eigenvalue weighted by molar-refractivity contribution is 6.58. The molecule has 0 rings (SSSR count). The van der Waals surface area contributed by atoms with Crippen molar-refractivity contribution >= 4 is 14.1 Å². The van der Waals surface area contributed by atoms with Crippen LogP contribution in [0.2, 0.25) is 15.8 Å². The minimum atomic E-state index is -0.269.